The zero-order chi connectivity index (χ0) is 10.7. The Bertz CT molecular complexity index is 350. The second-order valence-corrected chi connectivity index (χ2v) is 2.84. The summed E-state index contributed by atoms with van der Waals surface area (Å²) in [5.41, 5.74) is -0.278. The lowest BCUT2D eigenvalue weighted by molar-refractivity contribution is 0.0650. The van der Waals surface area contributed by atoms with Gasteiger partial charge in [-0.2, -0.15) is 0 Å². The number of carbonyl (C=O) groups is 1. The summed E-state index contributed by atoms with van der Waals surface area (Å²) >= 11 is 0. The smallest absolute Gasteiger partial charge is 0.194 e. The largest absolute Gasteiger partial charge is 0.374 e. The number of carbonyl (C=O) groups excluding carboxylic acids is 1. The highest BCUT2D eigenvalue weighted by Gasteiger charge is 2.19. The number of hydrogen-bond donors (Lipinski definition) is 0. The number of rotatable bonds is 3. The van der Waals surface area contributed by atoms with Crippen LogP contribution in [-0.4, -0.2) is 19.0 Å². The number of halogens is 2. The molecule has 0 saturated carbocycles. The van der Waals surface area contributed by atoms with Crippen molar-refractivity contribution in [3.05, 3.63) is 35.4 Å². The molecule has 0 N–H and O–H groups in total. The zero-order valence-corrected chi connectivity index (χ0v) is 7.88. The van der Waals surface area contributed by atoms with Crippen LogP contribution in [0.15, 0.2) is 18.2 Å². The maximum Gasteiger partial charge on any atom is 0.194 e. The quantitative estimate of drug-likeness (QED) is 0.699. The summed E-state index contributed by atoms with van der Waals surface area (Å²) in [7, 11) is 1.33. The first-order valence-corrected chi connectivity index (χ1v) is 4.09. The molecule has 1 aromatic rings. The standard InChI is InChI=1S/C10H10F2O2/c1-6(14-2)10(13)7-4-3-5-8(11)9(7)12/h3-6H,1-2H3. The molecule has 14 heavy (non-hydrogen) atoms. The molecule has 0 aliphatic heterocycles. The van der Waals surface area contributed by atoms with Crippen molar-refractivity contribution in [2.75, 3.05) is 7.11 Å². The molecule has 76 valence electrons. The average Bonchev–Trinajstić information content (AvgIpc) is 2.20. The molecule has 0 radical (unpaired) electrons. The fourth-order valence-corrected chi connectivity index (χ4v) is 1.02. The second-order valence-electron chi connectivity index (χ2n) is 2.84. The Morgan fingerprint density at radius 1 is 1.43 bits per heavy atom. The lowest BCUT2D eigenvalue weighted by atomic mass is 10.1. The van der Waals surface area contributed by atoms with Crippen LogP contribution in [0.25, 0.3) is 0 Å². The van der Waals surface area contributed by atoms with E-state index in [1.807, 2.05) is 0 Å². The van der Waals surface area contributed by atoms with Crippen LogP contribution in [-0.2, 0) is 4.74 Å². The van der Waals surface area contributed by atoms with Crippen molar-refractivity contribution in [1.29, 1.82) is 0 Å². The van der Waals surface area contributed by atoms with Gasteiger partial charge in [0.1, 0.15) is 6.10 Å². The number of ether oxygens (including phenoxy) is 1. The van der Waals surface area contributed by atoms with Crippen molar-refractivity contribution in [3.63, 3.8) is 0 Å². The Labute approximate surface area is 80.5 Å². The van der Waals surface area contributed by atoms with Crippen LogP contribution >= 0.6 is 0 Å². The molecule has 0 fully saturated rings. The van der Waals surface area contributed by atoms with Gasteiger partial charge in [-0.15, -0.1) is 0 Å². The first kappa shape index (κ1) is 10.8. The average molecular weight is 200 g/mol. The molecule has 1 unspecified atom stereocenters. The predicted octanol–water partition coefficient (Wildman–Crippen LogP) is 2.18. The Morgan fingerprint density at radius 3 is 2.64 bits per heavy atom. The SMILES string of the molecule is COC(C)C(=O)c1cccc(F)c1F. The molecule has 0 bridgehead atoms. The fourth-order valence-electron chi connectivity index (χ4n) is 1.02. The van der Waals surface area contributed by atoms with Crippen molar-refractivity contribution in [3.8, 4) is 0 Å². The number of ketones is 1. The molecule has 1 atom stereocenters. The van der Waals surface area contributed by atoms with Crippen LogP contribution in [0.1, 0.15) is 17.3 Å². The number of hydrogen-bond acceptors (Lipinski definition) is 2. The van der Waals surface area contributed by atoms with Gasteiger partial charge in [0, 0.05) is 7.11 Å². The van der Waals surface area contributed by atoms with Crippen LogP contribution in [0.3, 0.4) is 0 Å². The van der Waals surface area contributed by atoms with E-state index in [1.165, 1.54) is 26.2 Å². The van der Waals surface area contributed by atoms with E-state index in [0.717, 1.165) is 6.07 Å². The highest BCUT2D eigenvalue weighted by Crippen LogP contribution is 2.14. The van der Waals surface area contributed by atoms with E-state index in [4.69, 9.17) is 4.74 Å². The highest BCUT2D eigenvalue weighted by atomic mass is 19.2. The number of methoxy groups -OCH3 is 1. The van der Waals surface area contributed by atoms with Gasteiger partial charge in [-0.05, 0) is 19.1 Å². The summed E-state index contributed by atoms with van der Waals surface area (Å²) < 4.78 is 30.6. The molecule has 2 nitrogen and oxygen atoms in total. The Morgan fingerprint density at radius 2 is 2.07 bits per heavy atom. The van der Waals surface area contributed by atoms with E-state index in [0.29, 0.717) is 0 Å². The normalized spacial score (nSPS) is 12.6. The van der Waals surface area contributed by atoms with Crippen LogP contribution in [0.2, 0.25) is 0 Å². The lowest BCUT2D eigenvalue weighted by Gasteiger charge is -2.08. The molecule has 0 aliphatic rings. The molecule has 0 heterocycles. The van der Waals surface area contributed by atoms with E-state index in [-0.39, 0.29) is 5.56 Å². The third-order valence-electron chi connectivity index (χ3n) is 1.94. The third kappa shape index (κ3) is 1.96. The lowest BCUT2D eigenvalue weighted by Crippen LogP contribution is -2.20. The van der Waals surface area contributed by atoms with Crippen molar-refractivity contribution in [2.45, 2.75) is 13.0 Å². The maximum atomic E-state index is 13.1. The summed E-state index contributed by atoms with van der Waals surface area (Å²) in [5, 5.41) is 0. The van der Waals surface area contributed by atoms with E-state index in [1.54, 1.807) is 0 Å². The van der Waals surface area contributed by atoms with Gasteiger partial charge in [0.25, 0.3) is 0 Å². The van der Waals surface area contributed by atoms with E-state index < -0.39 is 23.5 Å². The molecule has 0 aromatic heterocycles. The molecule has 0 saturated heterocycles. The van der Waals surface area contributed by atoms with E-state index in [2.05, 4.69) is 0 Å². The van der Waals surface area contributed by atoms with Crippen LogP contribution in [0.4, 0.5) is 8.78 Å². The summed E-state index contributed by atoms with van der Waals surface area (Å²) in [6.45, 7) is 1.48. The maximum absolute atomic E-state index is 13.1. The summed E-state index contributed by atoms with van der Waals surface area (Å²) in [6.07, 6.45) is -0.772. The fraction of sp³-hybridized carbons (Fsp3) is 0.300. The minimum atomic E-state index is -1.12. The van der Waals surface area contributed by atoms with Gasteiger partial charge in [-0.1, -0.05) is 6.07 Å². The summed E-state index contributed by atoms with van der Waals surface area (Å²) in [6, 6.07) is 3.48. The second kappa shape index (κ2) is 4.28. The molecule has 1 aromatic carbocycles. The molecular formula is C10H10F2O2. The van der Waals surface area contributed by atoms with Crippen molar-refractivity contribution in [2.24, 2.45) is 0 Å². The molecule has 4 heteroatoms. The molecule has 0 spiro atoms. The summed E-state index contributed by atoms with van der Waals surface area (Å²) in [4.78, 5) is 11.4. The van der Waals surface area contributed by atoms with Gasteiger partial charge in [-0.25, -0.2) is 8.78 Å². The van der Waals surface area contributed by atoms with Crippen LogP contribution in [0, 0.1) is 11.6 Å². The molecule has 1 rings (SSSR count). The Hall–Kier alpha value is -1.29. The molecule has 0 aliphatic carbocycles. The van der Waals surface area contributed by atoms with E-state index in [9.17, 15) is 13.6 Å². The zero-order valence-electron chi connectivity index (χ0n) is 7.88. The Balaban J connectivity index is 3.07. The van der Waals surface area contributed by atoms with Crippen molar-refractivity contribution in [1.82, 2.24) is 0 Å². The molecular weight excluding hydrogens is 190 g/mol. The van der Waals surface area contributed by atoms with Gasteiger partial charge >= 0.3 is 0 Å². The van der Waals surface area contributed by atoms with Crippen LogP contribution in [0.5, 0.6) is 0 Å². The highest BCUT2D eigenvalue weighted by molar-refractivity contribution is 5.99. The van der Waals surface area contributed by atoms with Gasteiger partial charge in [0.2, 0.25) is 0 Å². The van der Waals surface area contributed by atoms with Gasteiger partial charge in [0.05, 0.1) is 5.56 Å². The van der Waals surface area contributed by atoms with Gasteiger partial charge < -0.3 is 4.74 Å². The van der Waals surface area contributed by atoms with E-state index >= 15 is 0 Å². The first-order chi connectivity index (χ1) is 6.57. The minimum Gasteiger partial charge on any atom is -0.374 e. The predicted molar refractivity (Wildman–Crippen MR) is 47.2 cm³/mol. The van der Waals surface area contributed by atoms with Crippen LogP contribution < -0.4 is 0 Å². The Kier molecular flexibility index (Phi) is 3.30. The van der Waals surface area contributed by atoms with Gasteiger partial charge in [0.15, 0.2) is 17.4 Å². The topological polar surface area (TPSA) is 26.3 Å². The number of benzene rings is 1. The monoisotopic (exact) mass is 200 g/mol. The number of Topliss-reactive ketones (excluding diaryl/α,β-unsaturated/α-hetero) is 1. The van der Waals surface area contributed by atoms with Gasteiger partial charge in [-0.3, -0.25) is 4.79 Å². The summed E-state index contributed by atoms with van der Waals surface area (Å²) in [5.74, 6) is -2.72. The first-order valence-electron chi connectivity index (χ1n) is 4.09. The third-order valence-corrected chi connectivity index (χ3v) is 1.94. The van der Waals surface area contributed by atoms with Crippen molar-refractivity contribution >= 4 is 5.78 Å². The molecule has 0 amide bonds. The minimum absolute atomic E-state index is 0.278. The van der Waals surface area contributed by atoms with Crippen molar-refractivity contribution < 1.29 is 18.3 Å².